The van der Waals surface area contributed by atoms with E-state index in [0.717, 1.165) is 27.6 Å². The van der Waals surface area contributed by atoms with E-state index in [-0.39, 0.29) is 6.04 Å². The molecule has 0 radical (unpaired) electrons. The summed E-state index contributed by atoms with van der Waals surface area (Å²) < 4.78 is 1.05. The van der Waals surface area contributed by atoms with E-state index in [2.05, 4.69) is 64.7 Å². The molecule has 0 bridgehead atoms. The van der Waals surface area contributed by atoms with Crippen molar-refractivity contribution in [3.05, 3.63) is 62.4 Å². The highest BCUT2D eigenvalue weighted by Crippen LogP contribution is 2.32. The van der Waals surface area contributed by atoms with Crippen LogP contribution in [-0.4, -0.2) is 11.5 Å². The van der Waals surface area contributed by atoms with Crippen molar-refractivity contribution in [3.63, 3.8) is 0 Å². The molecule has 0 spiro atoms. The van der Waals surface area contributed by atoms with Crippen LogP contribution in [0, 0.1) is 6.92 Å². The number of benzene rings is 1. The van der Waals surface area contributed by atoms with Crippen LogP contribution in [0.15, 0.2) is 46.3 Å². The summed E-state index contributed by atoms with van der Waals surface area (Å²) in [4.78, 5) is 6.22. The van der Waals surface area contributed by atoms with Crippen LogP contribution in [0.1, 0.15) is 29.1 Å². The van der Waals surface area contributed by atoms with Gasteiger partial charge in [0.1, 0.15) is 0 Å². The molecule has 2 aromatic heterocycles. The summed E-state index contributed by atoms with van der Waals surface area (Å²) in [7, 11) is 0. The van der Waals surface area contributed by atoms with Gasteiger partial charge >= 0.3 is 0 Å². The Kier molecular flexibility index (Phi) is 4.38. The molecule has 0 aliphatic heterocycles. The third-order valence-electron chi connectivity index (χ3n) is 3.60. The maximum atomic E-state index is 4.89. The molecule has 108 valence electrons. The average molecular weight is 361 g/mol. The minimum Gasteiger partial charge on any atom is -0.305 e. The summed E-state index contributed by atoms with van der Waals surface area (Å²) in [6.07, 6.45) is 0. The van der Waals surface area contributed by atoms with Crippen molar-refractivity contribution in [1.82, 2.24) is 10.3 Å². The first kappa shape index (κ1) is 14.7. The number of pyridine rings is 1. The van der Waals surface area contributed by atoms with Crippen molar-refractivity contribution in [2.45, 2.75) is 19.9 Å². The second kappa shape index (κ2) is 6.26. The smallest absolute Gasteiger partial charge is 0.0773 e. The number of halogens is 1. The van der Waals surface area contributed by atoms with Gasteiger partial charge in [-0.25, -0.2) is 4.98 Å². The van der Waals surface area contributed by atoms with Gasteiger partial charge in [-0.3, -0.25) is 0 Å². The molecule has 0 aliphatic carbocycles. The Balaban J connectivity index is 2.15. The van der Waals surface area contributed by atoms with Crippen LogP contribution in [-0.2, 0) is 0 Å². The Labute approximate surface area is 137 Å². The van der Waals surface area contributed by atoms with E-state index in [0.29, 0.717) is 0 Å². The Morgan fingerprint density at radius 1 is 1.29 bits per heavy atom. The maximum Gasteiger partial charge on any atom is 0.0773 e. The topological polar surface area (TPSA) is 24.9 Å². The highest BCUT2D eigenvalue weighted by atomic mass is 79.9. The zero-order valence-corrected chi connectivity index (χ0v) is 14.5. The third kappa shape index (κ3) is 2.89. The van der Waals surface area contributed by atoms with E-state index in [1.807, 2.05) is 12.1 Å². The van der Waals surface area contributed by atoms with Crippen LogP contribution in [0.5, 0.6) is 0 Å². The largest absolute Gasteiger partial charge is 0.305 e. The fourth-order valence-electron chi connectivity index (χ4n) is 2.56. The van der Waals surface area contributed by atoms with Crippen LogP contribution in [0.25, 0.3) is 10.9 Å². The summed E-state index contributed by atoms with van der Waals surface area (Å²) in [5, 5.41) is 6.86. The molecular formula is C17H17BrN2S. The number of hydrogen-bond acceptors (Lipinski definition) is 3. The van der Waals surface area contributed by atoms with Gasteiger partial charge in [0.15, 0.2) is 0 Å². The molecule has 1 aromatic carbocycles. The lowest BCUT2D eigenvalue weighted by molar-refractivity contribution is 0.614. The number of nitrogens with zero attached hydrogens (tertiary/aromatic N) is 1. The number of aromatic nitrogens is 1. The number of aryl methyl sites for hydroxylation is 1. The van der Waals surface area contributed by atoms with Crippen molar-refractivity contribution in [1.29, 1.82) is 0 Å². The highest BCUT2D eigenvalue weighted by molar-refractivity contribution is 9.10. The number of thiophene rings is 1. The normalized spacial score (nSPS) is 12.7. The van der Waals surface area contributed by atoms with Crippen molar-refractivity contribution < 1.29 is 0 Å². The average Bonchev–Trinajstić information content (AvgIpc) is 2.90. The molecule has 0 saturated carbocycles. The SMILES string of the molecule is CCNC(c1ccsc1C)c1nc2ccccc2cc1Br. The third-order valence-corrected chi connectivity index (χ3v) is 5.09. The predicted octanol–water partition coefficient (Wildman–Crippen LogP) is 5.07. The Bertz CT molecular complexity index is 766. The summed E-state index contributed by atoms with van der Waals surface area (Å²) in [5.41, 5.74) is 3.40. The van der Waals surface area contributed by atoms with E-state index in [4.69, 9.17) is 4.98 Å². The summed E-state index contributed by atoms with van der Waals surface area (Å²) >= 11 is 5.48. The molecule has 1 unspecified atom stereocenters. The lowest BCUT2D eigenvalue weighted by Crippen LogP contribution is -2.23. The number of hydrogen-bond donors (Lipinski definition) is 1. The van der Waals surface area contributed by atoms with Crippen LogP contribution in [0.3, 0.4) is 0 Å². The molecule has 1 atom stereocenters. The lowest BCUT2D eigenvalue weighted by Gasteiger charge is -2.19. The number of fused-ring (bicyclic) bond motifs is 1. The predicted molar refractivity (Wildman–Crippen MR) is 94.0 cm³/mol. The van der Waals surface area contributed by atoms with Gasteiger partial charge in [0.25, 0.3) is 0 Å². The molecule has 0 fully saturated rings. The first-order valence-electron chi connectivity index (χ1n) is 7.03. The van der Waals surface area contributed by atoms with E-state index >= 15 is 0 Å². The highest BCUT2D eigenvalue weighted by Gasteiger charge is 2.20. The van der Waals surface area contributed by atoms with Crippen molar-refractivity contribution in [2.24, 2.45) is 0 Å². The zero-order chi connectivity index (χ0) is 14.8. The second-order valence-corrected chi connectivity index (χ2v) is 6.95. The maximum absolute atomic E-state index is 4.89. The van der Waals surface area contributed by atoms with Crippen molar-refractivity contribution in [3.8, 4) is 0 Å². The summed E-state index contributed by atoms with van der Waals surface area (Å²) in [5.74, 6) is 0. The summed E-state index contributed by atoms with van der Waals surface area (Å²) in [6.45, 7) is 5.20. The van der Waals surface area contributed by atoms with Gasteiger partial charge < -0.3 is 5.32 Å². The second-order valence-electron chi connectivity index (χ2n) is 4.97. The Morgan fingerprint density at radius 3 is 2.81 bits per heavy atom. The van der Waals surface area contributed by atoms with E-state index in [1.54, 1.807) is 11.3 Å². The monoisotopic (exact) mass is 360 g/mol. The molecule has 3 rings (SSSR count). The van der Waals surface area contributed by atoms with E-state index < -0.39 is 0 Å². The zero-order valence-electron chi connectivity index (χ0n) is 12.1. The Hall–Kier alpha value is -1.23. The standard InChI is InChI=1S/C17H17BrN2S/c1-3-19-16(13-8-9-21-11(13)2)17-14(18)10-12-6-4-5-7-15(12)20-17/h4-10,16,19H,3H2,1-2H3. The van der Waals surface area contributed by atoms with Crippen LogP contribution in [0.4, 0.5) is 0 Å². The number of para-hydroxylation sites is 1. The van der Waals surface area contributed by atoms with Crippen LogP contribution >= 0.6 is 27.3 Å². The minimum atomic E-state index is 0.125. The molecular weight excluding hydrogens is 344 g/mol. The molecule has 3 aromatic rings. The van der Waals surface area contributed by atoms with E-state index in [1.165, 1.54) is 10.4 Å². The van der Waals surface area contributed by atoms with Crippen molar-refractivity contribution in [2.75, 3.05) is 6.54 Å². The number of rotatable bonds is 4. The van der Waals surface area contributed by atoms with Gasteiger partial charge in [-0.05, 0) is 58.5 Å². The lowest BCUT2D eigenvalue weighted by atomic mass is 10.0. The van der Waals surface area contributed by atoms with Gasteiger partial charge in [0.05, 0.1) is 17.3 Å². The molecule has 0 saturated heterocycles. The first-order valence-corrected chi connectivity index (χ1v) is 8.70. The van der Waals surface area contributed by atoms with E-state index in [9.17, 15) is 0 Å². The molecule has 21 heavy (non-hydrogen) atoms. The van der Waals surface area contributed by atoms with Gasteiger partial charge in [-0.2, -0.15) is 0 Å². The fraction of sp³-hybridized carbons (Fsp3) is 0.235. The molecule has 4 heteroatoms. The van der Waals surface area contributed by atoms with Crippen molar-refractivity contribution >= 4 is 38.2 Å². The van der Waals surface area contributed by atoms with Gasteiger partial charge in [-0.1, -0.05) is 25.1 Å². The molecule has 1 N–H and O–H groups in total. The fourth-order valence-corrected chi connectivity index (χ4v) is 3.86. The van der Waals surface area contributed by atoms with Gasteiger partial charge in [0.2, 0.25) is 0 Å². The number of nitrogens with one attached hydrogen (secondary N) is 1. The molecule has 2 heterocycles. The van der Waals surface area contributed by atoms with Gasteiger partial charge in [-0.15, -0.1) is 11.3 Å². The van der Waals surface area contributed by atoms with Crippen LogP contribution in [0.2, 0.25) is 0 Å². The molecule has 0 amide bonds. The molecule has 0 aliphatic rings. The first-order chi connectivity index (χ1) is 10.2. The minimum absolute atomic E-state index is 0.125. The molecule has 2 nitrogen and oxygen atoms in total. The van der Waals surface area contributed by atoms with Crippen LogP contribution < -0.4 is 5.32 Å². The van der Waals surface area contributed by atoms with Gasteiger partial charge in [0, 0.05) is 14.7 Å². The quantitative estimate of drug-likeness (QED) is 0.702. The summed E-state index contributed by atoms with van der Waals surface area (Å²) in [6, 6.07) is 12.7. The Morgan fingerprint density at radius 2 is 2.10 bits per heavy atom.